The zero-order chi connectivity index (χ0) is 19.5. The monoisotopic (exact) mass is 389 g/mol. The van der Waals surface area contributed by atoms with Crippen LogP contribution in [0.15, 0.2) is 89.8 Å². The number of hydroxylamine groups is 2. The SMILES string of the molecule is O=C(ON1C(=O)c2ccccc2C1=O)C(Sc1ccccc1)c1ccccc1. The Balaban J connectivity index is 1.60. The van der Waals surface area contributed by atoms with Crippen molar-refractivity contribution in [1.29, 1.82) is 0 Å². The minimum Gasteiger partial charge on any atom is -0.328 e. The van der Waals surface area contributed by atoms with Gasteiger partial charge < -0.3 is 4.84 Å². The van der Waals surface area contributed by atoms with E-state index in [9.17, 15) is 14.4 Å². The Morgan fingerprint density at radius 1 is 0.750 bits per heavy atom. The molecular weight excluding hydrogens is 374 g/mol. The fourth-order valence-corrected chi connectivity index (χ4v) is 3.92. The van der Waals surface area contributed by atoms with Crippen molar-refractivity contribution in [2.75, 3.05) is 0 Å². The summed E-state index contributed by atoms with van der Waals surface area (Å²) >= 11 is 1.30. The Kier molecular flexibility index (Phi) is 4.95. The predicted molar refractivity (Wildman–Crippen MR) is 105 cm³/mol. The second-order valence-corrected chi connectivity index (χ2v) is 7.26. The minimum absolute atomic E-state index is 0.229. The molecule has 0 aliphatic carbocycles. The molecule has 4 rings (SSSR count). The van der Waals surface area contributed by atoms with Gasteiger partial charge in [0.05, 0.1) is 11.1 Å². The standard InChI is InChI=1S/C22H15NO4S/c24-20-17-13-7-8-14-18(17)21(25)23(20)27-22(26)19(15-9-3-1-4-10-15)28-16-11-5-2-6-12-16/h1-14,19H. The molecule has 5 nitrogen and oxygen atoms in total. The number of fused-ring (bicyclic) bond motifs is 1. The van der Waals surface area contributed by atoms with Crippen LogP contribution in [0.25, 0.3) is 0 Å². The summed E-state index contributed by atoms with van der Waals surface area (Å²) in [6.07, 6.45) is 0. The highest BCUT2D eigenvalue weighted by molar-refractivity contribution is 8.00. The molecule has 3 aromatic rings. The second kappa shape index (κ2) is 7.70. The van der Waals surface area contributed by atoms with E-state index in [-0.39, 0.29) is 11.1 Å². The smallest absolute Gasteiger partial charge is 0.328 e. The maximum atomic E-state index is 13.0. The second-order valence-electron chi connectivity index (χ2n) is 6.08. The molecule has 2 amide bonds. The maximum Gasteiger partial charge on any atom is 0.350 e. The van der Waals surface area contributed by atoms with Crippen LogP contribution in [0.3, 0.4) is 0 Å². The molecule has 28 heavy (non-hydrogen) atoms. The predicted octanol–water partition coefficient (Wildman–Crippen LogP) is 4.27. The first-order valence-electron chi connectivity index (χ1n) is 8.61. The molecule has 3 aromatic carbocycles. The number of hydrogen-bond donors (Lipinski definition) is 0. The van der Waals surface area contributed by atoms with E-state index in [0.717, 1.165) is 10.5 Å². The van der Waals surface area contributed by atoms with Crippen molar-refractivity contribution in [3.05, 3.63) is 102 Å². The summed E-state index contributed by atoms with van der Waals surface area (Å²) in [5.41, 5.74) is 1.18. The lowest BCUT2D eigenvalue weighted by Crippen LogP contribution is -2.34. The Morgan fingerprint density at radius 3 is 1.82 bits per heavy atom. The van der Waals surface area contributed by atoms with Crippen LogP contribution < -0.4 is 0 Å². The van der Waals surface area contributed by atoms with Gasteiger partial charge >= 0.3 is 5.97 Å². The van der Waals surface area contributed by atoms with Crippen LogP contribution >= 0.6 is 11.8 Å². The third kappa shape index (κ3) is 3.42. The van der Waals surface area contributed by atoms with Crippen molar-refractivity contribution < 1.29 is 19.2 Å². The summed E-state index contributed by atoms with van der Waals surface area (Å²) in [7, 11) is 0. The van der Waals surface area contributed by atoms with Gasteiger partial charge in [-0.25, -0.2) is 4.79 Å². The summed E-state index contributed by atoms with van der Waals surface area (Å²) in [6.45, 7) is 0. The van der Waals surface area contributed by atoms with Crippen molar-refractivity contribution in [1.82, 2.24) is 5.06 Å². The van der Waals surface area contributed by atoms with Crippen molar-refractivity contribution in [2.24, 2.45) is 0 Å². The molecule has 1 unspecified atom stereocenters. The highest BCUT2D eigenvalue weighted by Crippen LogP contribution is 2.37. The first-order chi connectivity index (χ1) is 13.6. The topological polar surface area (TPSA) is 63.7 Å². The summed E-state index contributed by atoms with van der Waals surface area (Å²) in [6, 6.07) is 24.9. The van der Waals surface area contributed by atoms with Crippen molar-refractivity contribution in [2.45, 2.75) is 10.1 Å². The zero-order valence-corrected chi connectivity index (χ0v) is 15.5. The number of thioether (sulfide) groups is 1. The number of imide groups is 1. The lowest BCUT2D eigenvalue weighted by atomic mass is 10.1. The van der Waals surface area contributed by atoms with Gasteiger partial charge in [0.1, 0.15) is 5.25 Å². The Bertz CT molecular complexity index is 1000. The molecule has 0 saturated carbocycles. The molecule has 6 heteroatoms. The normalized spacial score (nSPS) is 13.9. The fourth-order valence-electron chi connectivity index (χ4n) is 2.90. The molecule has 0 fully saturated rings. The average molecular weight is 389 g/mol. The number of nitrogens with zero attached hydrogens (tertiary/aromatic N) is 1. The molecule has 0 saturated heterocycles. The van der Waals surface area contributed by atoms with Crippen LogP contribution in [0.4, 0.5) is 0 Å². The van der Waals surface area contributed by atoms with E-state index < -0.39 is 23.0 Å². The molecule has 1 heterocycles. The fraction of sp³-hybridized carbons (Fsp3) is 0.0455. The lowest BCUT2D eigenvalue weighted by Gasteiger charge is -2.19. The molecule has 0 spiro atoms. The van der Waals surface area contributed by atoms with Crippen molar-refractivity contribution in [3.8, 4) is 0 Å². The van der Waals surface area contributed by atoms with Crippen LogP contribution in [0, 0.1) is 0 Å². The molecular formula is C22H15NO4S. The lowest BCUT2D eigenvalue weighted by molar-refractivity contribution is -0.167. The summed E-state index contributed by atoms with van der Waals surface area (Å²) in [4.78, 5) is 44.1. The van der Waals surface area contributed by atoms with Gasteiger partial charge in [0.25, 0.3) is 11.8 Å². The van der Waals surface area contributed by atoms with Crippen molar-refractivity contribution in [3.63, 3.8) is 0 Å². The molecule has 0 aromatic heterocycles. The summed E-state index contributed by atoms with van der Waals surface area (Å²) in [5.74, 6) is -1.95. The third-order valence-electron chi connectivity index (χ3n) is 4.25. The largest absolute Gasteiger partial charge is 0.350 e. The van der Waals surface area contributed by atoms with Gasteiger partial charge in [0.15, 0.2) is 0 Å². The van der Waals surface area contributed by atoms with Crippen LogP contribution in [0.1, 0.15) is 31.5 Å². The Morgan fingerprint density at radius 2 is 1.25 bits per heavy atom. The van der Waals surface area contributed by atoms with E-state index in [4.69, 9.17) is 4.84 Å². The van der Waals surface area contributed by atoms with Gasteiger partial charge in [-0.2, -0.15) is 0 Å². The minimum atomic E-state index is -0.729. The number of amides is 2. The van der Waals surface area contributed by atoms with Crippen LogP contribution in [-0.4, -0.2) is 22.8 Å². The molecule has 0 radical (unpaired) electrons. The van der Waals surface area contributed by atoms with Gasteiger partial charge in [-0.05, 0) is 29.8 Å². The molecule has 0 bridgehead atoms. The Hall–Kier alpha value is -3.38. The summed E-state index contributed by atoms with van der Waals surface area (Å²) in [5, 5.41) is -0.179. The maximum absolute atomic E-state index is 13.0. The highest BCUT2D eigenvalue weighted by Gasteiger charge is 2.40. The third-order valence-corrected chi connectivity index (χ3v) is 5.50. The number of carbonyl (C=O) groups excluding carboxylic acids is 3. The molecule has 1 aliphatic heterocycles. The van der Waals surface area contributed by atoms with Gasteiger partial charge in [-0.1, -0.05) is 65.7 Å². The quantitative estimate of drug-likeness (QED) is 0.482. The Labute approximate surface area is 165 Å². The number of rotatable bonds is 5. The zero-order valence-electron chi connectivity index (χ0n) is 14.6. The highest BCUT2D eigenvalue weighted by atomic mass is 32.2. The van der Waals surface area contributed by atoms with Gasteiger partial charge in [-0.3, -0.25) is 9.59 Å². The number of carbonyl (C=O) groups is 3. The molecule has 1 atom stereocenters. The van der Waals surface area contributed by atoms with Gasteiger partial charge in [0.2, 0.25) is 0 Å². The van der Waals surface area contributed by atoms with Gasteiger partial charge in [0, 0.05) is 4.90 Å². The van der Waals surface area contributed by atoms with E-state index in [1.807, 2.05) is 60.7 Å². The first-order valence-corrected chi connectivity index (χ1v) is 9.49. The van der Waals surface area contributed by atoms with Crippen molar-refractivity contribution >= 4 is 29.5 Å². The van der Waals surface area contributed by atoms with Crippen LogP contribution in [-0.2, 0) is 9.63 Å². The molecule has 1 aliphatic rings. The number of hydrogen-bond acceptors (Lipinski definition) is 5. The van der Waals surface area contributed by atoms with Crippen LogP contribution in [0.2, 0.25) is 0 Å². The van der Waals surface area contributed by atoms with E-state index in [2.05, 4.69) is 0 Å². The summed E-state index contributed by atoms with van der Waals surface area (Å²) < 4.78 is 0. The molecule has 138 valence electrons. The number of benzene rings is 3. The molecule has 0 N–H and O–H groups in total. The van der Waals surface area contributed by atoms with E-state index >= 15 is 0 Å². The first kappa shape index (κ1) is 18.0. The van der Waals surface area contributed by atoms with Gasteiger partial charge in [-0.15, -0.1) is 11.8 Å². The van der Waals surface area contributed by atoms with E-state index in [1.54, 1.807) is 12.1 Å². The van der Waals surface area contributed by atoms with E-state index in [1.165, 1.54) is 23.9 Å². The van der Waals surface area contributed by atoms with Crippen LogP contribution in [0.5, 0.6) is 0 Å². The average Bonchev–Trinajstić information content (AvgIpc) is 2.98. The van der Waals surface area contributed by atoms with E-state index in [0.29, 0.717) is 5.06 Å².